The van der Waals surface area contributed by atoms with Gasteiger partial charge in [-0.05, 0) is 65.3 Å². The molecule has 1 aliphatic rings. The van der Waals surface area contributed by atoms with E-state index in [1.165, 1.54) is 17.0 Å². The van der Waals surface area contributed by atoms with Gasteiger partial charge in [0.05, 0.1) is 35.0 Å². The van der Waals surface area contributed by atoms with Gasteiger partial charge in [0.1, 0.15) is 0 Å². The Morgan fingerprint density at radius 3 is 2.61 bits per heavy atom. The first kappa shape index (κ1) is 20.9. The molecule has 0 unspecified atom stereocenters. The number of hydrogen-bond acceptors (Lipinski definition) is 3. The number of nitrogens with zero attached hydrogens (tertiary/aromatic N) is 4. The van der Waals surface area contributed by atoms with Gasteiger partial charge >= 0.3 is 6.18 Å². The van der Waals surface area contributed by atoms with Crippen LogP contribution in [0.25, 0.3) is 11.3 Å². The van der Waals surface area contributed by atoms with Crippen molar-refractivity contribution < 1.29 is 18.0 Å². The molecule has 5 nitrogen and oxygen atoms in total. The van der Waals surface area contributed by atoms with Crippen LogP contribution in [0.4, 0.5) is 18.9 Å². The second kappa shape index (κ2) is 7.71. The molecule has 0 radical (unpaired) electrons. The van der Waals surface area contributed by atoms with Crippen LogP contribution in [-0.4, -0.2) is 15.7 Å². The highest BCUT2D eigenvalue weighted by Crippen LogP contribution is 2.38. The summed E-state index contributed by atoms with van der Waals surface area (Å²) in [5.41, 5.74) is 2.30. The first-order valence-electron chi connectivity index (χ1n) is 9.15. The van der Waals surface area contributed by atoms with Crippen molar-refractivity contribution in [1.29, 1.82) is 5.26 Å². The molecular weight excluding hydrogens is 473 g/mol. The highest BCUT2D eigenvalue weighted by Gasteiger charge is 2.34. The molecule has 0 bridgehead atoms. The van der Waals surface area contributed by atoms with Gasteiger partial charge in [-0.2, -0.15) is 23.5 Å². The molecule has 0 fully saturated rings. The lowest BCUT2D eigenvalue weighted by molar-refractivity contribution is -0.137. The van der Waals surface area contributed by atoms with E-state index in [4.69, 9.17) is 5.26 Å². The van der Waals surface area contributed by atoms with Gasteiger partial charge in [0.25, 0.3) is 0 Å². The minimum Gasteiger partial charge on any atom is -0.284 e. The number of aromatic nitrogens is 2. The van der Waals surface area contributed by atoms with E-state index < -0.39 is 11.7 Å². The molecule has 1 aromatic heterocycles. The number of amides is 1. The van der Waals surface area contributed by atoms with Crippen molar-refractivity contribution in [2.24, 2.45) is 0 Å². The third-order valence-electron chi connectivity index (χ3n) is 5.00. The largest absolute Gasteiger partial charge is 0.416 e. The fourth-order valence-corrected chi connectivity index (χ4v) is 4.06. The lowest BCUT2D eigenvalue weighted by Crippen LogP contribution is -2.23. The molecule has 31 heavy (non-hydrogen) atoms. The normalized spacial score (nSPS) is 14.3. The summed E-state index contributed by atoms with van der Waals surface area (Å²) < 4.78 is 41.5. The number of anilines is 1. The van der Waals surface area contributed by atoms with Crippen molar-refractivity contribution in [2.75, 3.05) is 4.90 Å². The number of alkyl halides is 3. The predicted octanol–water partition coefficient (Wildman–Crippen LogP) is 5.69. The van der Waals surface area contributed by atoms with E-state index in [0.717, 1.165) is 12.1 Å². The fraction of sp³-hybridized carbons (Fsp3) is 0.136. The number of rotatable bonds is 3. The number of benzene rings is 2. The molecule has 9 heteroatoms. The Balaban J connectivity index is 1.70. The second-order valence-corrected chi connectivity index (χ2v) is 7.80. The minimum atomic E-state index is -4.49. The van der Waals surface area contributed by atoms with Gasteiger partial charge < -0.3 is 0 Å². The molecule has 2 aromatic carbocycles. The van der Waals surface area contributed by atoms with Crippen molar-refractivity contribution in [2.45, 2.75) is 19.5 Å². The smallest absolute Gasteiger partial charge is 0.284 e. The highest BCUT2D eigenvalue weighted by atomic mass is 79.9. The Morgan fingerprint density at radius 2 is 1.94 bits per heavy atom. The zero-order valence-electron chi connectivity index (χ0n) is 16.1. The van der Waals surface area contributed by atoms with E-state index in [-0.39, 0.29) is 18.0 Å². The molecule has 0 atom stereocenters. The van der Waals surface area contributed by atoms with Crippen LogP contribution in [0.2, 0.25) is 0 Å². The summed E-state index contributed by atoms with van der Waals surface area (Å²) in [4.78, 5) is 14.0. The van der Waals surface area contributed by atoms with Crippen LogP contribution < -0.4 is 4.90 Å². The molecule has 3 aromatic rings. The number of hydrogen-bond donors (Lipinski definition) is 0. The van der Waals surface area contributed by atoms with Crippen molar-refractivity contribution in [1.82, 2.24) is 9.78 Å². The Hall–Kier alpha value is -3.38. The van der Waals surface area contributed by atoms with Crippen LogP contribution in [0.3, 0.4) is 0 Å². The summed E-state index contributed by atoms with van der Waals surface area (Å²) in [5, 5.41) is 13.5. The van der Waals surface area contributed by atoms with Crippen LogP contribution in [-0.2, 0) is 11.0 Å². The minimum absolute atomic E-state index is 0.0353. The monoisotopic (exact) mass is 486 g/mol. The third-order valence-corrected chi connectivity index (χ3v) is 5.64. The van der Waals surface area contributed by atoms with Gasteiger partial charge in [0, 0.05) is 27.6 Å². The van der Waals surface area contributed by atoms with E-state index in [1.54, 1.807) is 42.1 Å². The summed E-state index contributed by atoms with van der Waals surface area (Å²) in [6.07, 6.45) is -2.74. The van der Waals surface area contributed by atoms with Crippen molar-refractivity contribution in [3.63, 3.8) is 0 Å². The Kier molecular flexibility index (Phi) is 5.19. The van der Waals surface area contributed by atoms with Gasteiger partial charge in [-0.25, -0.2) is 4.68 Å². The van der Waals surface area contributed by atoms with Gasteiger partial charge in [0.2, 0.25) is 5.91 Å². The summed E-state index contributed by atoms with van der Waals surface area (Å²) in [6, 6.07) is 13.6. The Morgan fingerprint density at radius 1 is 1.16 bits per heavy atom. The average Bonchev–Trinajstić information content (AvgIpc) is 3.31. The molecule has 0 spiro atoms. The third kappa shape index (κ3) is 3.86. The van der Waals surface area contributed by atoms with Crippen molar-refractivity contribution >= 4 is 33.1 Å². The standard InChI is InChI=1S/C22H14BrF3N4O/c1-13-17(11-21(31)30(13)16-4-2-3-15(10-16)22(24,25)26)19-7-8-29(28-19)20-6-5-14(12-27)9-18(20)23/h2-10H,11H2,1H3. The summed E-state index contributed by atoms with van der Waals surface area (Å²) in [7, 11) is 0. The molecule has 156 valence electrons. The number of halogens is 4. The molecule has 0 N–H and O–H groups in total. The van der Waals surface area contributed by atoms with E-state index in [1.807, 2.05) is 0 Å². The number of carbonyl (C=O) groups is 1. The fourth-order valence-electron chi connectivity index (χ4n) is 3.50. The van der Waals surface area contributed by atoms with E-state index in [0.29, 0.717) is 32.7 Å². The number of allylic oxidation sites excluding steroid dienone is 1. The quantitative estimate of drug-likeness (QED) is 0.477. The molecule has 1 amide bonds. The molecule has 2 heterocycles. The maximum absolute atomic E-state index is 13.1. The van der Waals surface area contributed by atoms with Crippen LogP contribution in [0.1, 0.15) is 30.2 Å². The van der Waals surface area contributed by atoms with Crippen LogP contribution in [0.15, 0.2) is 64.9 Å². The average molecular weight is 487 g/mol. The summed E-state index contributed by atoms with van der Waals surface area (Å²) in [5.74, 6) is -0.319. The molecule has 0 saturated carbocycles. The number of nitriles is 1. The topological polar surface area (TPSA) is 61.9 Å². The predicted molar refractivity (Wildman–Crippen MR) is 112 cm³/mol. The Labute approximate surface area is 184 Å². The first-order valence-corrected chi connectivity index (χ1v) is 9.94. The first-order chi connectivity index (χ1) is 14.7. The number of carbonyl (C=O) groups excluding carboxylic acids is 1. The van der Waals surface area contributed by atoms with Crippen molar-refractivity contribution in [3.8, 4) is 11.8 Å². The molecular formula is C22H14BrF3N4O. The second-order valence-electron chi connectivity index (χ2n) is 6.94. The molecule has 0 saturated heterocycles. The van der Waals surface area contributed by atoms with Gasteiger partial charge in [-0.15, -0.1) is 0 Å². The van der Waals surface area contributed by atoms with Crippen LogP contribution in [0, 0.1) is 11.3 Å². The molecule has 4 rings (SSSR count). The summed E-state index contributed by atoms with van der Waals surface area (Å²) in [6.45, 7) is 1.69. The van der Waals surface area contributed by atoms with Crippen LogP contribution >= 0.6 is 15.9 Å². The van der Waals surface area contributed by atoms with Gasteiger partial charge in [-0.3, -0.25) is 9.69 Å². The van der Waals surface area contributed by atoms with Gasteiger partial charge in [0.15, 0.2) is 0 Å². The highest BCUT2D eigenvalue weighted by molar-refractivity contribution is 9.10. The van der Waals surface area contributed by atoms with Crippen LogP contribution in [0.5, 0.6) is 0 Å². The van der Waals surface area contributed by atoms with E-state index in [2.05, 4.69) is 27.1 Å². The molecule has 1 aliphatic heterocycles. The Bertz CT molecular complexity index is 1270. The lowest BCUT2D eigenvalue weighted by Gasteiger charge is -2.19. The molecule has 0 aliphatic carbocycles. The van der Waals surface area contributed by atoms with E-state index >= 15 is 0 Å². The van der Waals surface area contributed by atoms with E-state index in [9.17, 15) is 18.0 Å². The zero-order valence-corrected chi connectivity index (χ0v) is 17.7. The van der Waals surface area contributed by atoms with Crippen molar-refractivity contribution in [3.05, 3.63) is 81.7 Å². The maximum atomic E-state index is 13.1. The lowest BCUT2D eigenvalue weighted by atomic mass is 10.1. The summed E-state index contributed by atoms with van der Waals surface area (Å²) >= 11 is 3.42. The van der Waals surface area contributed by atoms with Gasteiger partial charge in [-0.1, -0.05) is 6.07 Å². The SMILES string of the molecule is CC1=C(c2ccn(-c3ccc(C#N)cc3Br)n2)CC(=O)N1c1cccc(C(F)(F)F)c1. The maximum Gasteiger partial charge on any atom is 0.416 e. The zero-order chi connectivity index (χ0) is 22.3.